The number of amides is 1. The molecule has 1 amide bonds. The van der Waals surface area contributed by atoms with Gasteiger partial charge in [0.05, 0.1) is 18.1 Å². The Morgan fingerprint density at radius 2 is 2.20 bits per heavy atom. The summed E-state index contributed by atoms with van der Waals surface area (Å²) in [7, 11) is 0. The van der Waals surface area contributed by atoms with Crippen molar-refractivity contribution in [2.75, 3.05) is 11.9 Å². The van der Waals surface area contributed by atoms with Crippen molar-refractivity contribution in [3.8, 4) is 11.8 Å². The SMILES string of the molecule is N#CCOc1ccccc1NC(=O)c1cncc(Cl)n1. The van der Waals surface area contributed by atoms with Gasteiger partial charge in [-0.1, -0.05) is 23.7 Å². The first-order valence-corrected chi connectivity index (χ1v) is 5.96. The third kappa shape index (κ3) is 3.43. The molecular weight excluding hydrogens is 280 g/mol. The molecule has 0 atom stereocenters. The second-order valence-corrected chi connectivity index (χ2v) is 4.01. The molecule has 100 valence electrons. The minimum atomic E-state index is -0.465. The average Bonchev–Trinajstić information content (AvgIpc) is 2.46. The van der Waals surface area contributed by atoms with E-state index in [4.69, 9.17) is 21.6 Å². The summed E-state index contributed by atoms with van der Waals surface area (Å²) in [6, 6.07) is 8.64. The van der Waals surface area contributed by atoms with E-state index < -0.39 is 5.91 Å². The van der Waals surface area contributed by atoms with Gasteiger partial charge < -0.3 is 10.1 Å². The van der Waals surface area contributed by atoms with Gasteiger partial charge in [-0.05, 0) is 12.1 Å². The number of para-hydroxylation sites is 2. The van der Waals surface area contributed by atoms with Gasteiger partial charge in [0, 0.05) is 0 Å². The van der Waals surface area contributed by atoms with E-state index >= 15 is 0 Å². The molecule has 0 fully saturated rings. The monoisotopic (exact) mass is 288 g/mol. The van der Waals surface area contributed by atoms with Gasteiger partial charge in [0.2, 0.25) is 0 Å². The Kier molecular flexibility index (Phi) is 4.47. The highest BCUT2D eigenvalue weighted by molar-refractivity contribution is 6.29. The lowest BCUT2D eigenvalue weighted by Gasteiger charge is -2.10. The van der Waals surface area contributed by atoms with Crippen molar-refractivity contribution in [1.82, 2.24) is 9.97 Å². The molecule has 0 saturated carbocycles. The van der Waals surface area contributed by atoms with Crippen LogP contribution in [0.2, 0.25) is 5.15 Å². The molecule has 0 aliphatic heterocycles. The van der Waals surface area contributed by atoms with Gasteiger partial charge in [-0.15, -0.1) is 0 Å². The molecule has 0 unspecified atom stereocenters. The summed E-state index contributed by atoms with van der Waals surface area (Å²) in [6.45, 7) is -0.107. The fraction of sp³-hybridized carbons (Fsp3) is 0.0769. The van der Waals surface area contributed by atoms with E-state index in [0.717, 1.165) is 0 Å². The second-order valence-electron chi connectivity index (χ2n) is 3.62. The zero-order valence-electron chi connectivity index (χ0n) is 10.2. The third-order valence-corrected chi connectivity index (χ3v) is 2.45. The largest absolute Gasteiger partial charge is 0.477 e. The first-order valence-electron chi connectivity index (χ1n) is 5.58. The number of halogens is 1. The lowest BCUT2D eigenvalue weighted by Crippen LogP contribution is -2.15. The first-order chi connectivity index (χ1) is 9.70. The normalized spacial score (nSPS) is 9.60. The molecule has 2 rings (SSSR count). The highest BCUT2D eigenvalue weighted by Crippen LogP contribution is 2.24. The highest BCUT2D eigenvalue weighted by Gasteiger charge is 2.11. The molecule has 0 aliphatic carbocycles. The molecule has 0 bridgehead atoms. The summed E-state index contributed by atoms with van der Waals surface area (Å²) in [5.74, 6) is -0.0644. The van der Waals surface area contributed by atoms with Crippen LogP contribution in [0.5, 0.6) is 5.75 Å². The molecule has 1 N–H and O–H groups in total. The molecule has 20 heavy (non-hydrogen) atoms. The van der Waals surface area contributed by atoms with Crippen molar-refractivity contribution in [1.29, 1.82) is 5.26 Å². The van der Waals surface area contributed by atoms with Crippen LogP contribution in [0.1, 0.15) is 10.5 Å². The Balaban J connectivity index is 2.18. The molecular formula is C13H9ClN4O2. The molecule has 2 aromatic rings. The average molecular weight is 289 g/mol. The van der Waals surface area contributed by atoms with Crippen LogP contribution in [0.25, 0.3) is 0 Å². The van der Waals surface area contributed by atoms with Gasteiger partial charge in [-0.3, -0.25) is 9.78 Å². The summed E-state index contributed by atoms with van der Waals surface area (Å²) in [6.07, 6.45) is 2.64. The number of ether oxygens (including phenoxy) is 1. The van der Waals surface area contributed by atoms with Crippen molar-refractivity contribution < 1.29 is 9.53 Å². The standard InChI is InChI=1S/C13H9ClN4O2/c14-12-8-16-7-10(17-12)13(19)18-9-3-1-2-4-11(9)20-6-5-15/h1-4,7-8H,6H2,(H,18,19). The van der Waals surface area contributed by atoms with Crippen molar-refractivity contribution in [3.05, 3.63) is 47.5 Å². The number of nitriles is 1. The van der Waals surface area contributed by atoms with Gasteiger partial charge in [0.25, 0.3) is 5.91 Å². The number of aromatic nitrogens is 2. The lowest BCUT2D eigenvalue weighted by atomic mass is 10.3. The van der Waals surface area contributed by atoms with Crippen LogP contribution in [-0.2, 0) is 0 Å². The summed E-state index contributed by atoms with van der Waals surface area (Å²) in [5, 5.41) is 11.3. The van der Waals surface area contributed by atoms with Crippen LogP contribution < -0.4 is 10.1 Å². The van der Waals surface area contributed by atoms with Gasteiger partial charge in [-0.25, -0.2) is 4.98 Å². The third-order valence-electron chi connectivity index (χ3n) is 2.27. The number of hydrogen-bond donors (Lipinski definition) is 1. The molecule has 7 heteroatoms. The van der Waals surface area contributed by atoms with E-state index in [1.807, 2.05) is 6.07 Å². The smallest absolute Gasteiger partial charge is 0.276 e. The number of anilines is 1. The predicted molar refractivity (Wildman–Crippen MR) is 72.5 cm³/mol. The maximum absolute atomic E-state index is 12.0. The van der Waals surface area contributed by atoms with Gasteiger partial charge >= 0.3 is 0 Å². The highest BCUT2D eigenvalue weighted by atomic mass is 35.5. The number of nitrogens with one attached hydrogen (secondary N) is 1. The molecule has 0 saturated heterocycles. The topological polar surface area (TPSA) is 87.9 Å². The maximum Gasteiger partial charge on any atom is 0.276 e. The Morgan fingerprint density at radius 1 is 1.40 bits per heavy atom. The number of benzene rings is 1. The van der Waals surface area contributed by atoms with Crippen LogP contribution in [0, 0.1) is 11.3 Å². The van der Waals surface area contributed by atoms with Crippen LogP contribution in [-0.4, -0.2) is 22.5 Å². The molecule has 0 aliphatic rings. The Bertz CT molecular complexity index is 669. The number of rotatable bonds is 4. The van der Waals surface area contributed by atoms with E-state index in [-0.39, 0.29) is 17.5 Å². The predicted octanol–water partition coefficient (Wildman–Crippen LogP) is 2.28. The summed E-state index contributed by atoms with van der Waals surface area (Å²) in [5.41, 5.74) is 0.530. The first kappa shape index (κ1) is 13.8. The van der Waals surface area contributed by atoms with Crippen molar-refractivity contribution in [2.24, 2.45) is 0 Å². The van der Waals surface area contributed by atoms with Crippen LogP contribution >= 0.6 is 11.6 Å². The zero-order chi connectivity index (χ0) is 14.4. The lowest BCUT2D eigenvalue weighted by molar-refractivity contribution is 0.102. The quantitative estimate of drug-likeness (QED) is 0.932. The number of nitrogens with zero attached hydrogens (tertiary/aromatic N) is 3. The van der Waals surface area contributed by atoms with Crippen LogP contribution in [0.15, 0.2) is 36.7 Å². The molecule has 6 nitrogen and oxygen atoms in total. The molecule has 0 spiro atoms. The van der Waals surface area contributed by atoms with E-state index in [1.54, 1.807) is 24.3 Å². The van der Waals surface area contributed by atoms with Crippen molar-refractivity contribution in [2.45, 2.75) is 0 Å². The van der Waals surface area contributed by atoms with E-state index in [1.165, 1.54) is 12.4 Å². The van der Waals surface area contributed by atoms with Crippen molar-refractivity contribution >= 4 is 23.2 Å². The Morgan fingerprint density at radius 3 is 2.95 bits per heavy atom. The summed E-state index contributed by atoms with van der Waals surface area (Å²) < 4.78 is 5.21. The Labute approximate surface area is 120 Å². The fourth-order valence-electron chi connectivity index (χ4n) is 1.44. The second kappa shape index (κ2) is 6.50. The minimum Gasteiger partial charge on any atom is -0.477 e. The summed E-state index contributed by atoms with van der Waals surface area (Å²) >= 11 is 5.68. The zero-order valence-corrected chi connectivity index (χ0v) is 11.0. The molecule has 1 aromatic carbocycles. The van der Waals surface area contributed by atoms with Crippen molar-refractivity contribution in [3.63, 3.8) is 0 Å². The summed E-state index contributed by atoms with van der Waals surface area (Å²) in [4.78, 5) is 19.6. The minimum absolute atomic E-state index is 0.0904. The van der Waals surface area contributed by atoms with Crippen LogP contribution in [0.3, 0.4) is 0 Å². The van der Waals surface area contributed by atoms with E-state index in [0.29, 0.717) is 11.4 Å². The van der Waals surface area contributed by atoms with E-state index in [2.05, 4.69) is 15.3 Å². The molecule has 1 heterocycles. The molecule has 1 aromatic heterocycles. The maximum atomic E-state index is 12.0. The van der Waals surface area contributed by atoms with Gasteiger partial charge in [-0.2, -0.15) is 5.26 Å². The number of hydrogen-bond acceptors (Lipinski definition) is 5. The molecule has 0 radical (unpaired) electrons. The van der Waals surface area contributed by atoms with Gasteiger partial charge in [0.1, 0.15) is 22.7 Å². The van der Waals surface area contributed by atoms with Crippen LogP contribution in [0.4, 0.5) is 5.69 Å². The fourth-order valence-corrected chi connectivity index (χ4v) is 1.59. The Hall–Kier alpha value is -2.65. The van der Waals surface area contributed by atoms with Gasteiger partial charge in [0.15, 0.2) is 6.61 Å². The number of carbonyl (C=O) groups excluding carboxylic acids is 1. The van der Waals surface area contributed by atoms with E-state index in [9.17, 15) is 4.79 Å². The number of carbonyl (C=O) groups is 1.